The van der Waals surface area contributed by atoms with Crippen molar-refractivity contribution in [2.24, 2.45) is 0 Å². The minimum absolute atomic E-state index is 0.0222. The fraction of sp³-hybridized carbons (Fsp3) is 0.350. The molecule has 0 radical (unpaired) electrons. The van der Waals surface area contributed by atoms with Crippen LogP contribution in [0.1, 0.15) is 55.8 Å². The number of carbonyl (C=O) groups is 2. The number of benzene rings is 1. The van der Waals surface area contributed by atoms with Crippen molar-refractivity contribution < 1.29 is 41.0 Å². The summed E-state index contributed by atoms with van der Waals surface area (Å²) in [4.78, 5) is 33.1. The zero-order valence-electron chi connectivity index (χ0n) is 18.5. The number of nitrogens with zero attached hydrogens (tertiary/aromatic N) is 4. The summed E-state index contributed by atoms with van der Waals surface area (Å²) in [6, 6.07) is -0.452. The summed E-state index contributed by atoms with van der Waals surface area (Å²) in [6.45, 7) is 2.67. The quantitative estimate of drug-likeness (QED) is 0.399. The molecule has 1 aromatic carbocycles. The molecule has 2 amide bonds. The van der Waals surface area contributed by atoms with Gasteiger partial charge < -0.3 is 15.7 Å². The molecule has 3 rings (SSSR count). The lowest BCUT2D eigenvalue weighted by Gasteiger charge is -2.16. The second-order valence-electron chi connectivity index (χ2n) is 7.41. The number of aryl methyl sites for hydroxylation is 1. The monoisotopic (exact) mass is 536 g/mol. The summed E-state index contributed by atoms with van der Waals surface area (Å²) in [5.74, 6) is -1.40. The first-order valence-corrected chi connectivity index (χ1v) is 10.9. The van der Waals surface area contributed by atoms with Gasteiger partial charge in [0.25, 0.3) is 11.8 Å². The molecule has 2 heterocycles. The van der Waals surface area contributed by atoms with Crippen LogP contribution in [0.3, 0.4) is 0 Å². The molecule has 9 nitrogen and oxygen atoms in total. The number of aliphatic hydroxyl groups is 1. The Bertz CT molecular complexity index is 1240. The lowest BCUT2D eigenvalue weighted by Crippen LogP contribution is -2.29. The Morgan fingerprint density at radius 3 is 2.25 bits per heavy atom. The standard InChI is InChI=1S/C20H18F6N6O3S/c1-9(29-16(34)11-5-12(19(21,22)23)7-13(6-11)20(24,25)26)15-30-10(2)31-32(15)18-28-8-14(36-18)17(35)27-3-4-33/h5-9,33H,3-4H2,1-2H3,(H,27,35)(H,29,34)/t9-/m0/s1. The number of thiazole rings is 1. The summed E-state index contributed by atoms with van der Waals surface area (Å²) >= 11 is 0.907. The van der Waals surface area contributed by atoms with Gasteiger partial charge in [-0.25, -0.2) is 9.97 Å². The second-order valence-corrected chi connectivity index (χ2v) is 8.41. The Morgan fingerprint density at radius 1 is 1.08 bits per heavy atom. The number of aromatic nitrogens is 4. The number of nitrogens with one attached hydrogen (secondary N) is 2. The van der Waals surface area contributed by atoms with Gasteiger partial charge in [0.05, 0.1) is 30.0 Å². The van der Waals surface area contributed by atoms with Crippen LogP contribution in [0.25, 0.3) is 5.13 Å². The highest BCUT2D eigenvalue weighted by Crippen LogP contribution is 2.36. The van der Waals surface area contributed by atoms with Crippen molar-refractivity contribution in [2.45, 2.75) is 32.2 Å². The molecule has 0 aliphatic rings. The van der Waals surface area contributed by atoms with Gasteiger partial charge in [-0.2, -0.15) is 31.0 Å². The van der Waals surface area contributed by atoms with E-state index in [1.165, 1.54) is 24.7 Å². The average Bonchev–Trinajstić information content (AvgIpc) is 3.42. The fourth-order valence-corrected chi connectivity index (χ4v) is 3.80. The van der Waals surface area contributed by atoms with Crippen LogP contribution in [0.15, 0.2) is 24.4 Å². The maximum absolute atomic E-state index is 13.1. The molecule has 0 bridgehead atoms. The second kappa shape index (κ2) is 10.2. The van der Waals surface area contributed by atoms with Gasteiger partial charge in [-0.05, 0) is 32.0 Å². The molecule has 0 aliphatic carbocycles. The highest BCUT2D eigenvalue weighted by atomic mass is 32.1. The van der Waals surface area contributed by atoms with Crippen LogP contribution in [0.4, 0.5) is 26.3 Å². The van der Waals surface area contributed by atoms with Crippen molar-refractivity contribution in [3.05, 3.63) is 57.6 Å². The van der Waals surface area contributed by atoms with Gasteiger partial charge in [0.15, 0.2) is 5.82 Å². The van der Waals surface area contributed by atoms with Gasteiger partial charge in [-0.3, -0.25) is 9.59 Å². The lowest BCUT2D eigenvalue weighted by atomic mass is 10.0. The summed E-state index contributed by atoms with van der Waals surface area (Å²) in [7, 11) is 0. The smallest absolute Gasteiger partial charge is 0.395 e. The molecule has 0 saturated carbocycles. The van der Waals surface area contributed by atoms with Crippen LogP contribution in [0.5, 0.6) is 0 Å². The van der Waals surface area contributed by atoms with E-state index in [9.17, 15) is 35.9 Å². The molecule has 0 fully saturated rings. The number of hydrogen-bond donors (Lipinski definition) is 3. The summed E-state index contributed by atoms with van der Waals surface area (Å²) in [6.07, 6.45) is -8.96. The minimum Gasteiger partial charge on any atom is -0.395 e. The van der Waals surface area contributed by atoms with E-state index in [0.717, 1.165) is 11.3 Å². The Morgan fingerprint density at radius 2 is 1.69 bits per heavy atom. The number of aliphatic hydroxyl groups excluding tert-OH is 1. The molecule has 194 valence electrons. The van der Waals surface area contributed by atoms with Gasteiger partial charge >= 0.3 is 12.4 Å². The van der Waals surface area contributed by atoms with Crippen LogP contribution >= 0.6 is 11.3 Å². The van der Waals surface area contributed by atoms with Crippen molar-refractivity contribution in [3.8, 4) is 5.13 Å². The molecule has 0 unspecified atom stereocenters. The predicted octanol–water partition coefficient (Wildman–Crippen LogP) is 3.28. The van der Waals surface area contributed by atoms with Crippen molar-refractivity contribution >= 4 is 23.2 Å². The number of hydrogen-bond acceptors (Lipinski definition) is 7. The van der Waals surface area contributed by atoms with Crippen molar-refractivity contribution in [1.29, 1.82) is 0 Å². The van der Waals surface area contributed by atoms with E-state index in [0.29, 0.717) is 12.1 Å². The molecule has 3 aromatic rings. The zero-order valence-corrected chi connectivity index (χ0v) is 19.3. The van der Waals surface area contributed by atoms with E-state index in [4.69, 9.17) is 5.11 Å². The number of amides is 2. The number of rotatable bonds is 7. The summed E-state index contributed by atoms with van der Waals surface area (Å²) in [5, 5.41) is 17.9. The Labute approximate surface area is 203 Å². The highest BCUT2D eigenvalue weighted by molar-refractivity contribution is 7.16. The van der Waals surface area contributed by atoms with E-state index in [1.54, 1.807) is 0 Å². The first-order valence-electron chi connectivity index (χ1n) is 10.1. The van der Waals surface area contributed by atoms with E-state index in [-0.39, 0.29) is 40.9 Å². The first kappa shape index (κ1) is 27.1. The van der Waals surface area contributed by atoms with Gasteiger partial charge in [0.2, 0.25) is 5.13 Å². The lowest BCUT2D eigenvalue weighted by molar-refractivity contribution is -0.143. The van der Waals surface area contributed by atoms with Crippen molar-refractivity contribution in [1.82, 2.24) is 30.4 Å². The predicted molar refractivity (Wildman–Crippen MR) is 114 cm³/mol. The topological polar surface area (TPSA) is 122 Å². The third kappa shape index (κ3) is 6.17. The molecule has 2 aromatic heterocycles. The van der Waals surface area contributed by atoms with E-state index < -0.39 is 46.9 Å². The minimum atomic E-state index is -5.11. The Hall–Kier alpha value is -3.53. The third-order valence-corrected chi connectivity index (χ3v) is 5.59. The Balaban J connectivity index is 1.89. The first-order chi connectivity index (χ1) is 16.7. The molecule has 36 heavy (non-hydrogen) atoms. The van der Waals surface area contributed by atoms with E-state index >= 15 is 0 Å². The molecule has 0 aliphatic heterocycles. The SMILES string of the molecule is Cc1nc([C@H](C)NC(=O)c2cc(C(F)(F)F)cc(C(F)(F)F)c2)n(-c2ncc(C(=O)NCCO)s2)n1. The van der Waals surface area contributed by atoms with Crippen LogP contribution in [-0.4, -0.2) is 49.8 Å². The van der Waals surface area contributed by atoms with Crippen LogP contribution in [-0.2, 0) is 12.4 Å². The summed E-state index contributed by atoms with van der Waals surface area (Å²) in [5.41, 5.74) is -4.09. The molecular formula is C20H18F6N6O3S. The van der Waals surface area contributed by atoms with Crippen LogP contribution in [0, 0.1) is 6.92 Å². The average molecular weight is 536 g/mol. The maximum Gasteiger partial charge on any atom is 0.416 e. The van der Waals surface area contributed by atoms with Crippen molar-refractivity contribution in [3.63, 3.8) is 0 Å². The van der Waals surface area contributed by atoms with Gasteiger partial charge in [0.1, 0.15) is 10.7 Å². The molecule has 3 N–H and O–H groups in total. The van der Waals surface area contributed by atoms with Gasteiger partial charge in [-0.15, -0.1) is 5.10 Å². The highest BCUT2D eigenvalue weighted by Gasteiger charge is 2.37. The van der Waals surface area contributed by atoms with Gasteiger partial charge in [-0.1, -0.05) is 11.3 Å². The van der Waals surface area contributed by atoms with Crippen LogP contribution < -0.4 is 10.6 Å². The van der Waals surface area contributed by atoms with E-state index in [1.807, 2.05) is 0 Å². The third-order valence-electron chi connectivity index (χ3n) is 4.62. The van der Waals surface area contributed by atoms with Crippen LogP contribution in [0.2, 0.25) is 0 Å². The summed E-state index contributed by atoms with van der Waals surface area (Å²) < 4.78 is 80.0. The number of alkyl halides is 6. The number of carbonyl (C=O) groups excluding carboxylic acids is 2. The zero-order chi connectivity index (χ0) is 26.8. The normalized spacial score (nSPS) is 12.9. The maximum atomic E-state index is 13.1. The fourth-order valence-electron chi connectivity index (χ4n) is 3.01. The molecule has 16 heteroatoms. The van der Waals surface area contributed by atoms with Crippen molar-refractivity contribution in [2.75, 3.05) is 13.2 Å². The van der Waals surface area contributed by atoms with Gasteiger partial charge in [0, 0.05) is 12.1 Å². The molecule has 0 spiro atoms. The Kier molecular flexibility index (Phi) is 7.68. The number of halogens is 6. The molecular weight excluding hydrogens is 518 g/mol. The molecule has 1 atom stereocenters. The van der Waals surface area contributed by atoms with E-state index in [2.05, 4.69) is 25.7 Å². The largest absolute Gasteiger partial charge is 0.416 e. The molecule has 0 saturated heterocycles.